The first kappa shape index (κ1) is 10.1. The van der Waals surface area contributed by atoms with E-state index in [9.17, 15) is 4.79 Å². The highest BCUT2D eigenvalue weighted by atomic mass is 16.6. The Balaban J connectivity index is 1.98. The molecule has 1 aliphatic heterocycles. The first-order valence-electron chi connectivity index (χ1n) is 6.20. The minimum absolute atomic E-state index is 0.0126. The van der Waals surface area contributed by atoms with Gasteiger partial charge in [-0.25, -0.2) is 0 Å². The van der Waals surface area contributed by atoms with Crippen LogP contribution in [0.2, 0.25) is 0 Å². The maximum absolute atomic E-state index is 11.4. The second kappa shape index (κ2) is 3.47. The molecule has 1 saturated carbocycles. The van der Waals surface area contributed by atoms with Crippen molar-refractivity contribution in [3.05, 3.63) is 23.8 Å². The third-order valence-electron chi connectivity index (χ3n) is 4.52. The Kier molecular flexibility index (Phi) is 2.20. The highest BCUT2D eigenvalue weighted by molar-refractivity contribution is 5.72. The van der Waals surface area contributed by atoms with Crippen LogP contribution in [0.5, 0.6) is 0 Å². The number of fused-ring (bicyclic) bond motifs is 3. The standard InChI is InChI=1S/C14H18O2/c1-8-3-5-10-7-12(15)16-14(10)13-9(2)4-6-11(8)13/h3,10-11,13-14H,2,4-7H2,1H3/t10-,11-,13-,14-/m0/s1. The number of rotatable bonds is 0. The predicted octanol–water partition coefficient (Wildman–Crippen LogP) is 2.85. The van der Waals surface area contributed by atoms with Crippen molar-refractivity contribution in [3.63, 3.8) is 0 Å². The lowest BCUT2D eigenvalue weighted by Crippen LogP contribution is -2.28. The number of hydrogen-bond donors (Lipinski definition) is 0. The maximum Gasteiger partial charge on any atom is 0.306 e. The summed E-state index contributed by atoms with van der Waals surface area (Å²) in [6.07, 6.45) is 6.32. The first-order chi connectivity index (χ1) is 7.66. The number of esters is 1. The van der Waals surface area contributed by atoms with Crippen molar-refractivity contribution in [2.75, 3.05) is 0 Å². The molecule has 0 spiro atoms. The van der Waals surface area contributed by atoms with Crippen LogP contribution in [0.25, 0.3) is 0 Å². The molecule has 0 bridgehead atoms. The summed E-state index contributed by atoms with van der Waals surface area (Å²) in [6.45, 7) is 6.40. The summed E-state index contributed by atoms with van der Waals surface area (Å²) < 4.78 is 5.54. The molecule has 2 fully saturated rings. The molecule has 3 rings (SSSR count). The molecule has 2 aliphatic carbocycles. The maximum atomic E-state index is 11.4. The number of ether oxygens (including phenoxy) is 1. The molecule has 0 radical (unpaired) electrons. The van der Waals surface area contributed by atoms with Crippen molar-refractivity contribution in [1.29, 1.82) is 0 Å². The summed E-state index contributed by atoms with van der Waals surface area (Å²) in [5.74, 6) is 1.36. The van der Waals surface area contributed by atoms with Crippen LogP contribution in [0.3, 0.4) is 0 Å². The van der Waals surface area contributed by atoms with E-state index in [4.69, 9.17) is 4.74 Å². The van der Waals surface area contributed by atoms with Crippen molar-refractivity contribution >= 4 is 5.97 Å². The SMILES string of the molecule is C=C1CC[C@H]2C(C)=CC[C@H]3CC(=O)O[C@@H]3[C@@H]12. The molecular formula is C14H18O2. The molecule has 0 aromatic carbocycles. The summed E-state index contributed by atoms with van der Waals surface area (Å²) in [6, 6.07) is 0. The summed E-state index contributed by atoms with van der Waals surface area (Å²) in [5, 5.41) is 0. The molecule has 0 aromatic rings. The second-order valence-electron chi connectivity index (χ2n) is 5.43. The lowest BCUT2D eigenvalue weighted by molar-refractivity contribution is -0.143. The van der Waals surface area contributed by atoms with Gasteiger partial charge in [-0.3, -0.25) is 4.79 Å². The summed E-state index contributed by atoms with van der Waals surface area (Å²) in [5.41, 5.74) is 2.78. The van der Waals surface area contributed by atoms with Gasteiger partial charge in [-0.05, 0) is 32.1 Å². The lowest BCUT2D eigenvalue weighted by atomic mass is 9.82. The first-order valence-corrected chi connectivity index (χ1v) is 6.20. The van der Waals surface area contributed by atoms with Crippen molar-refractivity contribution in [2.24, 2.45) is 17.8 Å². The van der Waals surface area contributed by atoms with Crippen molar-refractivity contribution in [1.82, 2.24) is 0 Å². The molecule has 0 unspecified atom stereocenters. The minimum Gasteiger partial charge on any atom is -0.461 e. The van der Waals surface area contributed by atoms with Crippen LogP contribution < -0.4 is 0 Å². The molecule has 0 N–H and O–H groups in total. The van der Waals surface area contributed by atoms with Gasteiger partial charge >= 0.3 is 5.97 Å². The van der Waals surface area contributed by atoms with Gasteiger partial charge in [0.1, 0.15) is 6.10 Å². The van der Waals surface area contributed by atoms with Gasteiger partial charge in [0.25, 0.3) is 0 Å². The van der Waals surface area contributed by atoms with E-state index in [1.165, 1.54) is 17.6 Å². The lowest BCUT2D eigenvalue weighted by Gasteiger charge is -2.26. The molecule has 4 atom stereocenters. The Labute approximate surface area is 96.4 Å². The van der Waals surface area contributed by atoms with Crippen LogP contribution in [0.4, 0.5) is 0 Å². The highest BCUT2D eigenvalue weighted by Crippen LogP contribution is 2.49. The van der Waals surface area contributed by atoms with Crippen molar-refractivity contribution < 1.29 is 9.53 Å². The molecule has 1 heterocycles. The van der Waals surface area contributed by atoms with Crippen LogP contribution in [-0.4, -0.2) is 12.1 Å². The fourth-order valence-electron chi connectivity index (χ4n) is 3.64. The van der Waals surface area contributed by atoms with Gasteiger partial charge < -0.3 is 4.74 Å². The Bertz CT molecular complexity index is 380. The fourth-order valence-corrected chi connectivity index (χ4v) is 3.64. The molecule has 1 saturated heterocycles. The third-order valence-corrected chi connectivity index (χ3v) is 4.52. The van der Waals surface area contributed by atoms with E-state index >= 15 is 0 Å². The predicted molar refractivity (Wildman–Crippen MR) is 61.7 cm³/mol. The van der Waals surface area contributed by atoms with Gasteiger partial charge in [-0.1, -0.05) is 23.8 Å². The Morgan fingerprint density at radius 1 is 1.50 bits per heavy atom. The number of allylic oxidation sites excluding steroid dienone is 2. The van der Waals surface area contributed by atoms with E-state index in [1.54, 1.807) is 0 Å². The summed E-state index contributed by atoms with van der Waals surface area (Å²) in [7, 11) is 0. The zero-order chi connectivity index (χ0) is 11.3. The molecule has 0 amide bonds. The van der Waals surface area contributed by atoms with Gasteiger partial charge in [-0.2, -0.15) is 0 Å². The normalized spacial score (nSPS) is 42.2. The largest absolute Gasteiger partial charge is 0.461 e. The molecule has 3 aliphatic rings. The van der Waals surface area contributed by atoms with E-state index in [2.05, 4.69) is 19.6 Å². The second-order valence-corrected chi connectivity index (χ2v) is 5.43. The topological polar surface area (TPSA) is 26.3 Å². The van der Waals surface area contributed by atoms with Crippen molar-refractivity contribution in [3.8, 4) is 0 Å². The van der Waals surface area contributed by atoms with Gasteiger partial charge in [0.15, 0.2) is 0 Å². The molecule has 16 heavy (non-hydrogen) atoms. The quantitative estimate of drug-likeness (QED) is 0.461. The van der Waals surface area contributed by atoms with Crippen LogP contribution in [0.1, 0.15) is 32.6 Å². The zero-order valence-corrected chi connectivity index (χ0v) is 9.74. The van der Waals surface area contributed by atoms with E-state index in [0.29, 0.717) is 24.2 Å². The van der Waals surface area contributed by atoms with Crippen LogP contribution in [0, 0.1) is 17.8 Å². The summed E-state index contributed by atoms with van der Waals surface area (Å²) >= 11 is 0. The van der Waals surface area contributed by atoms with Crippen LogP contribution in [0.15, 0.2) is 23.8 Å². The average Bonchev–Trinajstić information content (AvgIpc) is 2.75. The fraction of sp³-hybridized carbons (Fsp3) is 0.643. The number of hydrogen-bond acceptors (Lipinski definition) is 2. The number of carbonyl (C=O) groups is 1. The van der Waals surface area contributed by atoms with Crippen LogP contribution >= 0.6 is 0 Å². The monoisotopic (exact) mass is 218 g/mol. The minimum atomic E-state index is -0.0126. The smallest absolute Gasteiger partial charge is 0.306 e. The average molecular weight is 218 g/mol. The van der Waals surface area contributed by atoms with E-state index in [-0.39, 0.29) is 12.1 Å². The molecule has 86 valence electrons. The Morgan fingerprint density at radius 2 is 2.31 bits per heavy atom. The van der Waals surface area contributed by atoms with Gasteiger partial charge in [0.05, 0.1) is 6.42 Å². The number of carbonyl (C=O) groups excluding carboxylic acids is 1. The van der Waals surface area contributed by atoms with Gasteiger partial charge in [0.2, 0.25) is 0 Å². The van der Waals surface area contributed by atoms with Crippen LogP contribution in [-0.2, 0) is 9.53 Å². The third kappa shape index (κ3) is 1.35. The van der Waals surface area contributed by atoms with Gasteiger partial charge in [0, 0.05) is 11.8 Å². The summed E-state index contributed by atoms with van der Waals surface area (Å²) in [4.78, 5) is 11.4. The Hall–Kier alpha value is -1.05. The van der Waals surface area contributed by atoms with E-state index in [1.807, 2.05) is 0 Å². The van der Waals surface area contributed by atoms with E-state index in [0.717, 1.165) is 12.8 Å². The molecule has 0 aromatic heterocycles. The zero-order valence-electron chi connectivity index (χ0n) is 9.74. The van der Waals surface area contributed by atoms with Crippen molar-refractivity contribution in [2.45, 2.75) is 38.7 Å². The highest BCUT2D eigenvalue weighted by Gasteiger charge is 2.47. The molecular weight excluding hydrogens is 200 g/mol. The molecule has 2 nitrogen and oxygen atoms in total. The Morgan fingerprint density at radius 3 is 3.12 bits per heavy atom. The van der Waals surface area contributed by atoms with Gasteiger partial charge in [-0.15, -0.1) is 0 Å². The molecule has 2 heteroatoms. The van der Waals surface area contributed by atoms with E-state index < -0.39 is 0 Å².